The highest BCUT2D eigenvalue weighted by molar-refractivity contribution is 5.82. The Kier molecular flexibility index (Phi) is 7.28. The quantitative estimate of drug-likeness (QED) is 0.728. The number of rotatable bonds is 7. The van der Waals surface area contributed by atoms with Gasteiger partial charge in [0.1, 0.15) is 0 Å². The molecule has 0 aromatic rings. The average Bonchev–Trinajstić information content (AvgIpc) is 2.42. The van der Waals surface area contributed by atoms with E-state index in [4.69, 9.17) is 10.8 Å². The van der Waals surface area contributed by atoms with Gasteiger partial charge in [0, 0.05) is 12.6 Å². The molecule has 0 spiro atoms. The van der Waals surface area contributed by atoms with Crippen molar-refractivity contribution in [2.75, 3.05) is 13.2 Å². The number of carbonyl (C=O) groups is 1. The smallest absolute Gasteiger partial charge is 0.239 e. The highest BCUT2D eigenvalue weighted by Crippen LogP contribution is 2.23. The summed E-state index contributed by atoms with van der Waals surface area (Å²) in [6.07, 6.45) is 8.56. The van der Waals surface area contributed by atoms with Crippen molar-refractivity contribution in [3.05, 3.63) is 0 Å². The first-order valence-corrected chi connectivity index (χ1v) is 7.37. The highest BCUT2D eigenvalue weighted by atomic mass is 16.3. The number of aliphatic hydroxyl groups excluding tert-OH is 1. The van der Waals surface area contributed by atoms with E-state index >= 15 is 0 Å². The van der Waals surface area contributed by atoms with Gasteiger partial charge in [0.05, 0.1) is 12.6 Å². The lowest BCUT2D eigenvalue weighted by Crippen LogP contribution is -2.50. The van der Waals surface area contributed by atoms with E-state index in [1.165, 1.54) is 19.3 Å². The van der Waals surface area contributed by atoms with Crippen LogP contribution in [0.4, 0.5) is 0 Å². The molecule has 0 heterocycles. The van der Waals surface area contributed by atoms with E-state index in [1.54, 1.807) is 0 Å². The molecule has 106 valence electrons. The number of carbonyl (C=O) groups excluding carboxylic acids is 1. The Morgan fingerprint density at radius 3 is 2.61 bits per heavy atom. The van der Waals surface area contributed by atoms with Crippen LogP contribution in [0.25, 0.3) is 0 Å². The number of unbranched alkanes of at least 4 members (excludes halogenated alkanes) is 1. The molecule has 0 bridgehead atoms. The number of amides is 1. The van der Waals surface area contributed by atoms with Crippen molar-refractivity contribution in [2.45, 2.75) is 70.4 Å². The molecule has 0 aliphatic heterocycles. The molecule has 0 saturated heterocycles. The van der Waals surface area contributed by atoms with Gasteiger partial charge in [0.15, 0.2) is 0 Å². The predicted molar refractivity (Wildman–Crippen MR) is 73.2 cm³/mol. The molecule has 0 aromatic heterocycles. The molecule has 4 nitrogen and oxygen atoms in total. The van der Waals surface area contributed by atoms with Gasteiger partial charge in [-0.05, 0) is 19.3 Å². The van der Waals surface area contributed by atoms with E-state index in [1.807, 2.05) is 4.90 Å². The largest absolute Gasteiger partial charge is 0.395 e. The predicted octanol–water partition coefficient (Wildman–Crippen LogP) is 1.66. The SMILES string of the molecule is CCCCC(N)C(=O)N(CCO)C1CCCCC1. The highest BCUT2D eigenvalue weighted by Gasteiger charge is 2.27. The van der Waals surface area contributed by atoms with Gasteiger partial charge < -0.3 is 15.7 Å². The van der Waals surface area contributed by atoms with Gasteiger partial charge in [-0.1, -0.05) is 39.0 Å². The molecule has 1 atom stereocenters. The Morgan fingerprint density at radius 1 is 1.39 bits per heavy atom. The summed E-state index contributed by atoms with van der Waals surface area (Å²) in [5, 5.41) is 9.14. The molecular weight excluding hydrogens is 228 g/mol. The van der Waals surface area contributed by atoms with E-state index in [2.05, 4.69) is 6.92 Å². The summed E-state index contributed by atoms with van der Waals surface area (Å²) in [7, 11) is 0. The summed E-state index contributed by atoms with van der Waals surface area (Å²) >= 11 is 0. The second kappa shape index (κ2) is 8.48. The Balaban J connectivity index is 2.55. The second-order valence-electron chi connectivity index (χ2n) is 5.30. The minimum atomic E-state index is -0.390. The molecule has 18 heavy (non-hydrogen) atoms. The standard InChI is InChI=1S/C14H28N2O2/c1-2-3-9-13(15)14(18)16(10-11-17)12-7-5-4-6-8-12/h12-13,17H,2-11,15H2,1H3. The van der Waals surface area contributed by atoms with Crippen molar-refractivity contribution in [1.29, 1.82) is 0 Å². The van der Waals surface area contributed by atoms with Gasteiger partial charge in [-0.15, -0.1) is 0 Å². The lowest BCUT2D eigenvalue weighted by molar-refractivity contribution is -0.136. The van der Waals surface area contributed by atoms with Crippen LogP contribution in [0, 0.1) is 0 Å². The lowest BCUT2D eigenvalue weighted by atomic mass is 9.93. The zero-order chi connectivity index (χ0) is 13.4. The first-order chi connectivity index (χ1) is 8.70. The molecule has 1 unspecified atom stereocenters. The normalized spacial score (nSPS) is 18.6. The maximum absolute atomic E-state index is 12.3. The third kappa shape index (κ3) is 4.58. The fourth-order valence-electron chi connectivity index (χ4n) is 2.73. The molecule has 1 fully saturated rings. The minimum Gasteiger partial charge on any atom is -0.395 e. The van der Waals surface area contributed by atoms with Gasteiger partial charge in [0.2, 0.25) is 5.91 Å². The molecule has 1 aliphatic rings. The van der Waals surface area contributed by atoms with Crippen LogP contribution in [0.2, 0.25) is 0 Å². The van der Waals surface area contributed by atoms with Crippen LogP contribution in [0.5, 0.6) is 0 Å². The van der Waals surface area contributed by atoms with Crippen LogP contribution >= 0.6 is 0 Å². The van der Waals surface area contributed by atoms with Crippen molar-refractivity contribution < 1.29 is 9.90 Å². The zero-order valence-corrected chi connectivity index (χ0v) is 11.6. The van der Waals surface area contributed by atoms with E-state index in [0.717, 1.165) is 32.1 Å². The van der Waals surface area contributed by atoms with E-state index in [0.29, 0.717) is 12.6 Å². The third-order valence-corrected chi connectivity index (χ3v) is 3.83. The van der Waals surface area contributed by atoms with Crippen LogP contribution in [0.1, 0.15) is 58.3 Å². The first kappa shape index (κ1) is 15.4. The molecule has 1 saturated carbocycles. The summed E-state index contributed by atoms with van der Waals surface area (Å²) in [5.74, 6) is 0.0319. The van der Waals surface area contributed by atoms with Crippen molar-refractivity contribution in [1.82, 2.24) is 4.90 Å². The Morgan fingerprint density at radius 2 is 2.06 bits per heavy atom. The van der Waals surface area contributed by atoms with Crippen LogP contribution in [-0.2, 0) is 4.79 Å². The monoisotopic (exact) mass is 256 g/mol. The fourth-order valence-corrected chi connectivity index (χ4v) is 2.73. The van der Waals surface area contributed by atoms with Crippen LogP contribution in [0.15, 0.2) is 0 Å². The van der Waals surface area contributed by atoms with Crippen molar-refractivity contribution in [2.24, 2.45) is 5.73 Å². The molecule has 0 aromatic carbocycles. The summed E-state index contributed by atoms with van der Waals surface area (Å²) in [5.41, 5.74) is 5.97. The van der Waals surface area contributed by atoms with Crippen LogP contribution in [-0.4, -0.2) is 41.1 Å². The summed E-state index contributed by atoms with van der Waals surface area (Å²) in [4.78, 5) is 14.2. The molecule has 1 aliphatic carbocycles. The number of hydrogen-bond donors (Lipinski definition) is 2. The Bertz CT molecular complexity index is 240. The number of hydrogen-bond acceptors (Lipinski definition) is 3. The number of nitrogens with two attached hydrogens (primary N) is 1. The summed E-state index contributed by atoms with van der Waals surface area (Å²) in [6, 6.07) is -0.0931. The van der Waals surface area contributed by atoms with Crippen molar-refractivity contribution in [3.8, 4) is 0 Å². The van der Waals surface area contributed by atoms with Gasteiger partial charge in [0.25, 0.3) is 0 Å². The molecule has 0 radical (unpaired) electrons. The van der Waals surface area contributed by atoms with Crippen LogP contribution in [0.3, 0.4) is 0 Å². The van der Waals surface area contributed by atoms with Gasteiger partial charge in [-0.3, -0.25) is 4.79 Å². The van der Waals surface area contributed by atoms with E-state index in [-0.39, 0.29) is 12.5 Å². The van der Waals surface area contributed by atoms with E-state index < -0.39 is 6.04 Å². The third-order valence-electron chi connectivity index (χ3n) is 3.83. The van der Waals surface area contributed by atoms with Crippen molar-refractivity contribution in [3.63, 3.8) is 0 Å². The molecule has 1 rings (SSSR count). The maximum atomic E-state index is 12.3. The summed E-state index contributed by atoms with van der Waals surface area (Å²) < 4.78 is 0. The summed E-state index contributed by atoms with van der Waals surface area (Å²) in [6.45, 7) is 2.57. The van der Waals surface area contributed by atoms with Crippen molar-refractivity contribution >= 4 is 5.91 Å². The van der Waals surface area contributed by atoms with Gasteiger partial charge in [-0.25, -0.2) is 0 Å². The minimum absolute atomic E-state index is 0.0305. The Hall–Kier alpha value is -0.610. The molecule has 3 N–H and O–H groups in total. The zero-order valence-electron chi connectivity index (χ0n) is 11.6. The fraction of sp³-hybridized carbons (Fsp3) is 0.929. The Labute approximate surface area is 111 Å². The number of nitrogens with zero attached hydrogens (tertiary/aromatic N) is 1. The topological polar surface area (TPSA) is 66.6 Å². The molecule has 4 heteroatoms. The first-order valence-electron chi connectivity index (χ1n) is 7.37. The second-order valence-corrected chi connectivity index (χ2v) is 5.30. The lowest BCUT2D eigenvalue weighted by Gasteiger charge is -2.35. The molecular formula is C14H28N2O2. The van der Waals surface area contributed by atoms with E-state index in [9.17, 15) is 4.79 Å². The average molecular weight is 256 g/mol. The molecule has 1 amide bonds. The van der Waals surface area contributed by atoms with Gasteiger partial charge >= 0.3 is 0 Å². The van der Waals surface area contributed by atoms with Gasteiger partial charge in [-0.2, -0.15) is 0 Å². The maximum Gasteiger partial charge on any atom is 0.239 e. The van der Waals surface area contributed by atoms with Crippen LogP contribution < -0.4 is 5.73 Å². The number of aliphatic hydroxyl groups is 1.